The molecule has 4 aromatic carbocycles. The first-order chi connectivity index (χ1) is 28.8. The highest BCUT2D eigenvalue weighted by Gasteiger charge is 2.58. The number of imide groups is 1. The molecule has 6 nitrogen and oxygen atoms in total. The minimum Gasteiger partial charge on any atom is -0.508 e. The van der Waals surface area contributed by atoms with Gasteiger partial charge in [-0.05, 0) is 88.1 Å². The maximum absolute atomic E-state index is 14.4. The summed E-state index contributed by atoms with van der Waals surface area (Å²) >= 11 is 0. The van der Waals surface area contributed by atoms with Gasteiger partial charge in [-0.1, -0.05) is 119 Å². The molecule has 0 bridgehead atoms. The minimum absolute atomic E-state index is 0.0152. The summed E-state index contributed by atoms with van der Waals surface area (Å²) in [4.78, 5) is 29.4. The van der Waals surface area contributed by atoms with E-state index in [1.54, 1.807) is 18.2 Å². The third kappa shape index (κ3) is 8.74. The van der Waals surface area contributed by atoms with E-state index >= 15 is 0 Å². The quantitative estimate of drug-likeness (QED) is 0.0665. The highest BCUT2D eigenvalue weighted by atomic mass is 28.4. The predicted octanol–water partition coefficient (Wildman–Crippen LogP) is 10.5. The summed E-state index contributed by atoms with van der Waals surface area (Å²) in [6, 6.07) is 27.8. The molecule has 4 aromatic rings. The fourth-order valence-corrected chi connectivity index (χ4v) is 14.2. The number of fused-ring (bicyclic) bond motifs is 3. The van der Waals surface area contributed by atoms with Gasteiger partial charge in [0.15, 0.2) is 0 Å². The van der Waals surface area contributed by atoms with Gasteiger partial charge in [0.1, 0.15) is 5.75 Å². The van der Waals surface area contributed by atoms with Gasteiger partial charge >= 0.3 is 12.4 Å². The Labute approximate surface area is 353 Å². The van der Waals surface area contributed by atoms with Crippen molar-refractivity contribution in [2.24, 2.45) is 17.8 Å². The molecule has 2 saturated heterocycles. The normalized spacial score (nSPS) is 21.3. The van der Waals surface area contributed by atoms with Crippen molar-refractivity contribution in [3.8, 4) is 5.75 Å². The highest BCUT2D eigenvalue weighted by molar-refractivity contribution is 6.99. The number of halogens is 6. The second kappa shape index (κ2) is 17.1. The number of carbonyl (C=O) groups excluding carboxylic acids is 2. The zero-order valence-electron chi connectivity index (χ0n) is 34.4. The molecule has 0 radical (unpaired) electrons. The van der Waals surface area contributed by atoms with E-state index in [0.717, 1.165) is 45.5 Å². The second-order valence-corrected chi connectivity index (χ2v) is 21.5. The van der Waals surface area contributed by atoms with Gasteiger partial charge in [-0.2, -0.15) is 26.3 Å². The standard InChI is InChI=1S/C48H49F6NO5Si/c1-5-13-30(22-31-14-12-15-36(56)23-31)20-21-41-42-32(28-60-61(46(2,3)4,37-16-8-6-9-17-37)38-18-10-7-11-19-38)24-39-43(40(42)29-59-41)45(58)55(44(39)57)35-26-33(47(49,50)51)25-34(27-35)48(52,53)54/h6-12,14-19,22-23,25-27,39-41,43,56H,5,13,20-21,24,28-29H2,1-4H3/b30-22+/t39-,40+,41-,43-/m1/s1. The maximum atomic E-state index is 14.4. The molecule has 2 fully saturated rings. The zero-order chi connectivity index (χ0) is 43.9. The topological polar surface area (TPSA) is 76.1 Å². The maximum Gasteiger partial charge on any atom is 0.416 e. The van der Waals surface area contributed by atoms with Crippen LogP contribution in [0.2, 0.25) is 5.04 Å². The summed E-state index contributed by atoms with van der Waals surface area (Å²) in [5, 5.41) is 11.7. The Hall–Kier alpha value is -4.98. The van der Waals surface area contributed by atoms with Crippen molar-refractivity contribution in [3.63, 3.8) is 0 Å². The first-order valence-electron chi connectivity index (χ1n) is 20.6. The van der Waals surface area contributed by atoms with Crippen molar-refractivity contribution in [3.05, 3.63) is 137 Å². The van der Waals surface area contributed by atoms with Gasteiger partial charge in [-0.25, -0.2) is 4.90 Å². The van der Waals surface area contributed by atoms with Gasteiger partial charge in [-0.15, -0.1) is 0 Å². The van der Waals surface area contributed by atoms with Crippen LogP contribution in [-0.4, -0.2) is 44.6 Å². The zero-order valence-corrected chi connectivity index (χ0v) is 35.4. The monoisotopic (exact) mass is 861 g/mol. The third-order valence-corrected chi connectivity index (χ3v) is 17.2. The summed E-state index contributed by atoms with van der Waals surface area (Å²) in [7, 11) is -3.15. The fraction of sp³-hybridized carbons (Fsp3) is 0.375. The van der Waals surface area contributed by atoms with Crippen LogP contribution in [-0.2, 0) is 31.1 Å². The van der Waals surface area contributed by atoms with Crippen molar-refractivity contribution in [1.82, 2.24) is 0 Å². The molecule has 61 heavy (non-hydrogen) atoms. The van der Waals surface area contributed by atoms with Crippen LogP contribution in [0.5, 0.6) is 5.75 Å². The lowest BCUT2D eigenvalue weighted by molar-refractivity contribution is -0.143. The van der Waals surface area contributed by atoms with Gasteiger partial charge in [0.05, 0.1) is 48.0 Å². The van der Waals surface area contributed by atoms with Gasteiger partial charge in [0.25, 0.3) is 8.32 Å². The fourth-order valence-electron chi connectivity index (χ4n) is 9.64. The average Bonchev–Trinajstić information content (AvgIpc) is 3.74. The molecule has 2 amide bonds. The molecule has 0 aromatic heterocycles. The van der Waals surface area contributed by atoms with E-state index in [-0.39, 0.29) is 31.5 Å². The molecule has 13 heteroatoms. The van der Waals surface area contributed by atoms with E-state index < -0.39 is 78.2 Å². The van der Waals surface area contributed by atoms with Crippen LogP contribution in [0.4, 0.5) is 32.0 Å². The Balaban J connectivity index is 1.31. The molecule has 1 aliphatic carbocycles. The number of phenolic OH excluding ortho intramolecular Hbond substituents is 1. The van der Waals surface area contributed by atoms with E-state index in [1.165, 1.54) is 0 Å². The number of phenols is 1. The molecule has 322 valence electrons. The predicted molar refractivity (Wildman–Crippen MR) is 225 cm³/mol. The van der Waals surface area contributed by atoms with Crippen LogP contribution in [0.1, 0.15) is 76.5 Å². The number of aromatic hydroxyl groups is 1. The molecule has 0 spiro atoms. The molecule has 4 atom stereocenters. The number of carbonyl (C=O) groups is 2. The van der Waals surface area contributed by atoms with E-state index in [1.807, 2.05) is 48.5 Å². The van der Waals surface area contributed by atoms with Crippen LogP contribution in [0, 0.1) is 17.8 Å². The lowest BCUT2D eigenvalue weighted by Gasteiger charge is -2.44. The van der Waals surface area contributed by atoms with E-state index in [2.05, 4.69) is 52.0 Å². The number of nitrogens with zero attached hydrogens (tertiary/aromatic N) is 1. The van der Waals surface area contributed by atoms with Gasteiger partial charge < -0.3 is 14.3 Å². The van der Waals surface area contributed by atoms with Crippen LogP contribution in [0.3, 0.4) is 0 Å². The number of rotatable bonds is 12. The number of benzene rings is 4. The number of amides is 2. The van der Waals surface area contributed by atoms with Crippen molar-refractivity contribution in [2.75, 3.05) is 18.1 Å². The SMILES string of the molecule is CCC/C(=C\c1cccc(O)c1)CC[C@H]1OC[C@H]2C1=C(CO[Si](c1ccccc1)(c1ccccc1)C(C)(C)C)C[C@H]1C(=O)N(c3cc(C(F)(F)F)cc(C(F)(F)F)c3)C(=O)[C@H]12. The van der Waals surface area contributed by atoms with Gasteiger partial charge in [0, 0.05) is 5.92 Å². The summed E-state index contributed by atoms with van der Waals surface area (Å²) in [6.45, 7) is 8.56. The van der Waals surface area contributed by atoms with Crippen molar-refractivity contribution < 1.29 is 50.2 Å². The Bertz CT molecular complexity index is 2250. The number of alkyl halides is 6. The number of hydrogen-bond acceptors (Lipinski definition) is 5. The Morgan fingerprint density at radius 1 is 0.803 bits per heavy atom. The highest BCUT2D eigenvalue weighted by Crippen LogP contribution is 2.52. The molecular weight excluding hydrogens is 813 g/mol. The first kappa shape index (κ1) is 44.1. The minimum atomic E-state index is -5.17. The Kier molecular flexibility index (Phi) is 12.3. The number of allylic oxidation sites excluding steroid dienone is 1. The molecule has 0 unspecified atom stereocenters. The Morgan fingerprint density at radius 3 is 1.95 bits per heavy atom. The lowest BCUT2D eigenvalue weighted by Crippen LogP contribution is -2.66. The van der Waals surface area contributed by atoms with Crippen LogP contribution >= 0.6 is 0 Å². The number of ether oxygens (including phenoxy) is 1. The molecule has 0 saturated carbocycles. The molecular formula is C48H49F6NO5Si. The van der Waals surface area contributed by atoms with Crippen LogP contribution in [0.15, 0.2) is 120 Å². The number of anilines is 1. The summed E-state index contributed by atoms with van der Waals surface area (Å²) in [6.07, 6.45) is -6.05. The van der Waals surface area contributed by atoms with Crippen LogP contribution in [0.25, 0.3) is 6.08 Å². The average molecular weight is 862 g/mol. The molecule has 7 rings (SSSR count). The van der Waals surface area contributed by atoms with Gasteiger partial charge in [-0.3, -0.25) is 9.59 Å². The molecule has 2 heterocycles. The second-order valence-electron chi connectivity index (χ2n) is 17.2. The Morgan fingerprint density at radius 2 is 1.41 bits per heavy atom. The summed E-state index contributed by atoms with van der Waals surface area (Å²) < 4.78 is 97.9. The van der Waals surface area contributed by atoms with Gasteiger partial charge in [0.2, 0.25) is 11.8 Å². The van der Waals surface area contributed by atoms with E-state index in [4.69, 9.17) is 9.16 Å². The molecule has 2 aliphatic heterocycles. The third-order valence-electron chi connectivity index (χ3n) is 12.3. The lowest BCUT2D eigenvalue weighted by atomic mass is 9.69. The first-order valence-corrected chi connectivity index (χ1v) is 22.5. The summed E-state index contributed by atoms with van der Waals surface area (Å²) in [5.41, 5.74) is -0.493. The molecule has 3 aliphatic rings. The smallest absolute Gasteiger partial charge is 0.416 e. The van der Waals surface area contributed by atoms with Crippen molar-refractivity contribution >= 4 is 42.3 Å². The largest absolute Gasteiger partial charge is 0.508 e. The van der Waals surface area contributed by atoms with Crippen molar-refractivity contribution in [2.45, 2.75) is 83.3 Å². The van der Waals surface area contributed by atoms with E-state index in [9.17, 15) is 41.0 Å². The van der Waals surface area contributed by atoms with Crippen molar-refractivity contribution in [1.29, 1.82) is 0 Å². The van der Waals surface area contributed by atoms with Crippen LogP contribution < -0.4 is 15.3 Å². The molecule has 1 N–H and O–H groups in total. The summed E-state index contributed by atoms with van der Waals surface area (Å²) in [5.74, 6) is -4.36. The number of hydrogen-bond donors (Lipinski definition) is 1. The van der Waals surface area contributed by atoms with E-state index in [0.29, 0.717) is 29.9 Å².